The standard InChI is InChI=1S/C12H14N4/c13-10-4-2-6-16-11(10)8-15-12(16)9-3-1-5-14-7-9/h1,3,5,7-8,10H,2,4,6,13H2. The number of nitrogens with two attached hydrogens (primary N) is 1. The largest absolute Gasteiger partial charge is 0.327 e. The molecule has 0 aliphatic carbocycles. The molecule has 4 heteroatoms. The van der Waals surface area contributed by atoms with Gasteiger partial charge in [0.2, 0.25) is 0 Å². The third-order valence-corrected chi connectivity index (χ3v) is 3.08. The SMILES string of the molecule is NC1CCCn2c1cnc2-c1cccnc1. The molecule has 3 rings (SSSR count). The van der Waals surface area contributed by atoms with Crippen LogP contribution < -0.4 is 5.73 Å². The summed E-state index contributed by atoms with van der Waals surface area (Å²) in [7, 11) is 0. The number of hydrogen-bond acceptors (Lipinski definition) is 3. The second kappa shape index (κ2) is 3.72. The van der Waals surface area contributed by atoms with Crippen molar-refractivity contribution in [3.05, 3.63) is 36.4 Å². The lowest BCUT2D eigenvalue weighted by atomic mass is 10.1. The summed E-state index contributed by atoms with van der Waals surface area (Å²) in [6, 6.07) is 4.09. The minimum absolute atomic E-state index is 0.131. The predicted molar refractivity (Wildman–Crippen MR) is 61.6 cm³/mol. The van der Waals surface area contributed by atoms with Gasteiger partial charge in [0.25, 0.3) is 0 Å². The smallest absolute Gasteiger partial charge is 0.141 e. The molecule has 2 N–H and O–H groups in total. The van der Waals surface area contributed by atoms with Gasteiger partial charge in [-0.25, -0.2) is 4.98 Å². The number of fused-ring (bicyclic) bond motifs is 1. The van der Waals surface area contributed by atoms with Crippen molar-refractivity contribution in [2.75, 3.05) is 0 Å². The van der Waals surface area contributed by atoms with Crippen LogP contribution in [0.15, 0.2) is 30.7 Å². The molecule has 2 aromatic heterocycles. The Hall–Kier alpha value is -1.68. The molecule has 1 atom stereocenters. The highest BCUT2D eigenvalue weighted by molar-refractivity contribution is 5.54. The van der Waals surface area contributed by atoms with Gasteiger partial charge in [0, 0.05) is 30.5 Å². The summed E-state index contributed by atoms with van der Waals surface area (Å²) >= 11 is 0. The van der Waals surface area contributed by atoms with Crippen molar-refractivity contribution in [2.24, 2.45) is 5.73 Å². The quantitative estimate of drug-likeness (QED) is 0.786. The summed E-state index contributed by atoms with van der Waals surface area (Å²) in [6.45, 7) is 1.01. The lowest BCUT2D eigenvalue weighted by Gasteiger charge is -2.21. The maximum absolute atomic E-state index is 6.06. The molecule has 0 fully saturated rings. The maximum Gasteiger partial charge on any atom is 0.141 e. The van der Waals surface area contributed by atoms with Gasteiger partial charge in [0.15, 0.2) is 0 Å². The zero-order valence-corrected chi connectivity index (χ0v) is 9.00. The molecule has 0 bridgehead atoms. The monoisotopic (exact) mass is 214 g/mol. The molecule has 3 heterocycles. The van der Waals surface area contributed by atoms with Gasteiger partial charge in [-0.3, -0.25) is 4.98 Å². The highest BCUT2D eigenvalue weighted by atomic mass is 15.1. The Balaban J connectivity index is 2.10. The second-order valence-corrected chi connectivity index (χ2v) is 4.15. The van der Waals surface area contributed by atoms with Gasteiger partial charge in [0.05, 0.1) is 11.9 Å². The first-order valence-electron chi connectivity index (χ1n) is 5.57. The molecule has 2 aromatic rings. The van der Waals surface area contributed by atoms with Gasteiger partial charge in [-0.05, 0) is 25.0 Å². The molecule has 0 aromatic carbocycles. The molecule has 1 unspecified atom stereocenters. The van der Waals surface area contributed by atoms with Crippen LogP contribution in [-0.4, -0.2) is 14.5 Å². The van der Waals surface area contributed by atoms with E-state index in [2.05, 4.69) is 14.5 Å². The highest BCUT2D eigenvalue weighted by Gasteiger charge is 2.20. The van der Waals surface area contributed by atoms with Crippen LogP contribution in [0.3, 0.4) is 0 Å². The fraction of sp³-hybridized carbons (Fsp3) is 0.333. The highest BCUT2D eigenvalue weighted by Crippen LogP contribution is 2.28. The Labute approximate surface area is 94.1 Å². The van der Waals surface area contributed by atoms with Crippen LogP contribution in [0.5, 0.6) is 0 Å². The van der Waals surface area contributed by atoms with E-state index in [0.29, 0.717) is 0 Å². The normalized spacial score (nSPS) is 19.4. The summed E-state index contributed by atoms with van der Waals surface area (Å²) in [5, 5.41) is 0. The minimum atomic E-state index is 0.131. The van der Waals surface area contributed by atoms with Gasteiger partial charge < -0.3 is 10.3 Å². The van der Waals surface area contributed by atoms with Gasteiger partial charge >= 0.3 is 0 Å². The van der Waals surface area contributed by atoms with E-state index in [9.17, 15) is 0 Å². The average Bonchev–Trinajstić information content (AvgIpc) is 2.75. The summed E-state index contributed by atoms with van der Waals surface area (Å²) in [5.74, 6) is 0.984. The Bertz CT molecular complexity index is 489. The number of nitrogens with zero attached hydrogens (tertiary/aromatic N) is 3. The van der Waals surface area contributed by atoms with Crippen LogP contribution in [0.1, 0.15) is 24.6 Å². The molecule has 0 spiro atoms. The summed E-state index contributed by atoms with van der Waals surface area (Å²) in [5.41, 5.74) is 8.26. The van der Waals surface area contributed by atoms with Crippen molar-refractivity contribution < 1.29 is 0 Å². The first-order valence-corrected chi connectivity index (χ1v) is 5.57. The second-order valence-electron chi connectivity index (χ2n) is 4.15. The van der Waals surface area contributed by atoms with Gasteiger partial charge in [-0.15, -0.1) is 0 Å². The van der Waals surface area contributed by atoms with E-state index in [4.69, 9.17) is 5.73 Å². The van der Waals surface area contributed by atoms with Crippen molar-refractivity contribution >= 4 is 0 Å². The molecule has 4 nitrogen and oxygen atoms in total. The predicted octanol–water partition coefficient (Wildman–Crippen LogP) is 1.74. The zero-order chi connectivity index (χ0) is 11.0. The molecule has 0 radical (unpaired) electrons. The van der Waals surface area contributed by atoms with Crippen LogP contribution >= 0.6 is 0 Å². The Morgan fingerprint density at radius 1 is 1.38 bits per heavy atom. The third-order valence-electron chi connectivity index (χ3n) is 3.08. The Kier molecular flexibility index (Phi) is 2.22. The van der Waals surface area contributed by atoms with E-state index in [1.165, 1.54) is 0 Å². The topological polar surface area (TPSA) is 56.7 Å². The summed E-state index contributed by atoms with van der Waals surface area (Å²) in [4.78, 5) is 8.59. The van der Waals surface area contributed by atoms with E-state index in [1.807, 2.05) is 24.5 Å². The lowest BCUT2D eigenvalue weighted by molar-refractivity contribution is 0.466. The van der Waals surface area contributed by atoms with Crippen LogP contribution in [0, 0.1) is 0 Å². The van der Waals surface area contributed by atoms with E-state index >= 15 is 0 Å². The van der Waals surface area contributed by atoms with E-state index < -0.39 is 0 Å². The molecule has 1 aliphatic rings. The number of rotatable bonds is 1. The summed E-state index contributed by atoms with van der Waals surface area (Å²) in [6.07, 6.45) is 7.69. The number of hydrogen-bond donors (Lipinski definition) is 1. The minimum Gasteiger partial charge on any atom is -0.327 e. The zero-order valence-electron chi connectivity index (χ0n) is 9.00. The molecule has 0 saturated heterocycles. The maximum atomic E-state index is 6.06. The van der Waals surface area contributed by atoms with Crippen molar-refractivity contribution in [1.29, 1.82) is 0 Å². The van der Waals surface area contributed by atoms with E-state index in [1.54, 1.807) is 6.20 Å². The third kappa shape index (κ3) is 1.42. The molecule has 82 valence electrons. The molecule has 16 heavy (non-hydrogen) atoms. The molecule has 1 aliphatic heterocycles. The molecular weight excluding hydrogens is 200 g/mol. The number of pyridine rings is 1. The Morgan fingerprint density at radius 2 is 2.31 bits per heavy atom. The van der Waals surface area contributed by atoms with E-state index in [-0.39, 0.29) is 6.04 Å². The lowest BCUT2D eigenvalue weighted by Crippen LogP contribution is -2.21. The van der Waals surface area contributed by atoms with Crippen molar-refractivity contribution in [3.63, 3.8) is 0 Å². The van der Waals surface area contributed by atoms with Crippen LogP contribution in [0.4, 0.5) is 0 Å². The molecule has 0 saturated carbocycles. The van der Waals surface area contributed by atoms with Crippen molar-refractivity contribution in [2.45, 2.75) is 25.4 Å². The first kappa shape index (κ1) is 9.54. The van der Waals surface area contributed by atoms with Crippen LogP contribution in [0.2, 0.25) is 0 Å². The molecular formula is C12H14N4. The van der Waals surface area contributed by atoms with Gasteiger partial charge in [0.1, 0.15) is 5.82 Å². The van der Waals surface area contributed by atoms with Gasteiger partial charge in [-0.1, -0.05) is 0 Å². The fourth-order valence-corrected chi connectivity index (χ4v) is 2.26. The first-order chi connectivity index (χ1) is 7.86. The van der Waals surface area contributed by atoms with Crippen molar-refractivity contribution in [1.82, 2.24) is 14.5 Å². The fourth-order valence-electron chi connectivity index (χ4n) is 2.26. The summed E-state index contributed by atoms with van der Waals surface area (Å²) < 4.78 is 2.21. The van der Waals surface area contributed by atoms with Crippen LogP contribution in [-0.2, 0) is 6.54 Å². The van der Waals surface area contributed by atoms with Gasteiger partial charge in [-0.2, -0.15) is 0 Å². The Morgan fingerprint density at radius 3 is 3.12 bits per heavy atom. The van der Waals surface area contributed by atoms with Crippen molar-refractivity contribution in [3.8, 4) is 11.4 Å². The molecule has 0 amide bonds. The van der Waals surface area contributed by atoms with Crippen LogP contribution in [0.25, 0.3) is 11.4 Å². The number of imidazole rings is 1. The van der Waals surface area contributed by atoms with E-state index in [0.717, 1.165) is 36.5 Å². The number of aromatic nitrogens is 3. The average molecular weight is 214 g/mol.